The summed E-state index contributed by atoms with van der Waals surface area (Å²) < 4.78 is 68.4. The molecule has 0 aromatic carbocycles. The van der Waals surface area contributed by atoms with E-state index in [2.05, 4.69) is 47.9 Å². The highest BCUT2D eigenvalue weighted by molar-refractivity contribution is 5.81. The standard InChI is InChI=1S/C72H135N15O30/c1-43(93)82-56-64(101)60(97)52(39-89)114-69(56)110-27-23-106-19-13-77-31-47(73)35-86(36-48(74)32-78-14-20-107-24-28-111-70-57(83-44(2)94)65(102)61(98)53(40-90)115-70)17-9-7-11-51(68(105)81-12-8-5-6-10-18-88)87(37-49(75)33-79-15-21-108-25-29-112-71-58(84-45(3)95)66(103)62(99)54(41-91)116-71)38-50(76)34-80-16-22-109-26-30-113-72-59(85-46(4)96)67(104)63(100)55(42-92)117-72/h31-34,51-67,69-72,77-80,88-92,97-104H,5-30,35-42,73-76H2,1-4H3,(H,81,105)(H,82,93)(H,83,94)(H,84,95)(H,85,96)/b47-31-,48-32-,49-33-,50-34-. The van der Waals surface area contributed by atoms with Crippen LogP contribution < -0.4 is 70.8 Å². The van der Waals surface area contributed by atoms with Crippen LogP contribution in [0.3, 0.4) is 0 Å². The first-order valence-electron chi connectivity index (χ1n) is 39.5. The van der Waals surface area contributed by atoms with E-state index in [0.717, 1.165) is 12.8 Å². The van der Waals surface area contributed by atoms with E-state index in [1.165, 1.54) is 27.7 Å². The van der Waals surface area contributed by atoms with Crippen molar-refractivity contribution in [1.82, 2.24) is 57.7 Å². The maximum Gasteiger partial charge on any atom is 0.237 e. The quantitative estimate of drug-likeness (QED) is 0.0251. The summed E-state index contributed by atoms with van der Waals surface area (Å²) in [6, 6.07) is -5.34. The van der Waals surface area contributed by atoms with Crippen molar-refractivity contribution in [3.05, 3.63) is 47.6 Å². The number of amides is 5. The molecule has 4 fully saturated rings. The third kappa shape index (κ3) is 38.9. The van der Waals surface area contributed by atoms with Crippen LogP contribution in [-0.4, -0.2) is 412 Å². The van der Waals surface area contributed by atoms with E-state index >= 15 is 0 Å². The summed E-state index contributed by atoms with van der Waals surface area (Å²) >= 11 is 0. The van der Waals surface area contributed by atoms with Crippen molar-refractivity contribution >= 4 is 29.5 Å². The summed E-state index contributed by atoms with van der Waals surface area (Å²) in [5.74, 6) is -2.32. The SMILES string of the molecule is CC(=O)NC1C(OCCOCCN/C=C(\N)CN(CCCCC(C(=O)NCCCCCCO)N(C/C(N)=C/NCCOCCOC2OC(CO)C(O)C(O)C2NC(C)=O)C/C(N)=C/NCCOCCOC2OC(CO)C(O)C(O)C2NC(C)=O)C/C(N)=C/NCCOCCOC2OC(CO)C(O)C(O)C2NC(C)=O)OC(CO)C(O)C1O. The maximum atomic E-state index is 14.7. The van der Waals surface area contributed by atoms with Gasteiger partial charge in [0.2, 0.25) is 29.5 Å². The van der Waals surface area contributed by atoms with Crippen LogP contribution in [0.4, 0.5) is 0 Å². The fourth-order valence-corrected chi connectivity index (χ4v) is 12.8. The van der Waals surface area contributed by atoms with Gasteiger partial charge in [-0.1, -0.05) is 19.3 Å². The second-order valence-electron chi connectivity index (χ2n) is 28.4. The normalized spacial score (nSPS) is 28.3. The first-order chi connectivity index (χ1) is 56.1. The van der Waals surface area contributed by atoms with Crippen molar-refractivity contribution in [3.8, 4) is 0 Å². The fraction of sp³-hybridized carbons (Fsp3) is 0.819. The molecule has 21 atom stereocenters. The molecule has 0 radical (unpaired) electrons. The van der Waals surface area contributed by atoms with Gasteiger partial charge >= 0.3 is 0 Å². The summed E-state index contributed by atoms with van der Waals surface area (Å²) in [6.45, 7) is 5.45. The molecule has 30 N–H and O–H groups in total. The number of carbonyl (C=O) groups excluding carboxylic acids is 5. The van der Waals surface area contributed by atoms with Gasteiger partial charge in [0.25, 0.3) is 0 Å². The largest absolute Gasteiger partial charge is 0.400 e. The summed E-state index contributed by atoms with van der Waals surface area (Å²) in [5, 5.41) is 158. The minimum atomic E-state index is -1.49. The zero-order valence-corrected chi connectivity index (χ0v) is 67.4. The number of rotatable bonds is 61. The Morgan fingerprint density at radius 1 is 0.368 bits per heavy atom. The van der Waals surface area contributed by atoms with E-state index in [1.54, 1.807) is 24.8 Å². The predicted octanol–water partition coefficient (Wildman–Crippen LogP) is -11.7. The number of nitrogens with one attached hydrogen (secondary N) is 9. The van der Waals surface area contributed by atoms with Gasteiger partial charge in [-0.3, -0.25) is 33.8 Å². The molecule has 0 bridgehead atoms. The van der Waals surface area contributed by atoms with Crippen LogP contribution in [0.15, 0.2) is 47.6 Å². The molecular weight excluding hydrogens is 1550 g/mol. The Kier molecular flexibility index (Phi) is 51.5. The molecule has 45 nitrogen and oxygen atoms in total. The Bertz CT molecular complexity index is 2750. The summed E-state index contributed by atoms with van der Waals surface area (Å²) in [4.78, 5) is 66.1. The number of unbranched alkanes of at least 4 members (excludes halogenated alkanes) is 4. The molecule has 0 saturated carbocycles. The van der Waals surface area contributed by atoms with Crippen LogP contribution in [0.2, 0.25) is 0 Å². The predicted molar refractivity (Wildman–Crippen MR) is 414 cm³/mol. The van der Waals surface area contributed by atoms with Gasteiger partial charge in [-0.25, -0.2) is 0 Å². The van der Waals surface area contributed by atoms with Crippen molar-refractivity contribution in [1.29, 1.82) is 0 Å². The van der Waals surface area contributed by atoms with E-state index in [9.17, 15) is 90.4 Å². The first-order valence-corrected chi connectivity index (χ1v) is 39.5. The molecule has 4 aliphatic rings. The average molecular weight is 1690 g/mol. The van der Waals surface area contributed by atoms with Crippen molar-refractivity contribution in [2.45, 2.75) is 201 Å². The van der Waals surface area contributed by atoms with Crippen molar-refractivity contribution in [2.75, 3.05) is 178 Å². The second kappa shape index (κ2) is 58.6. The molecule has 45 heteroatoms. The number of hydrogen-bond acceptors (Lipinski definition) is 40. The number of aliphatic hydroxyl groups is 13. The second-order valence-corrected chi connectivity index (χ2v) is 28.4. The smallest absolute Gasteiger partial charge is 0.237 e. The van der Waals surface area contributed by atoms with Gasteiger partial charge in [-0.2, -0.15) is 0 Å². The fourth-order valence-electron chi connectivity index (χ4n) is 12.8. The molecular formula is C72H135N15O30. The topological polar surface area (TPSA) is 678 Å². The lowest BCUT2D eigenvalue weighted by atomic mass is 9.97. The molecule has 0 spiro atoms. The van der Waals surface area contributed by atoms with Gasteiger partial charge < -0.3 is 194 Å². The van der Waals surface area contributed by atoms with Gasteiger partial charge in [-0.15, -0.1) is 0 Å². The van der Waals surface area contributed by atoms with Crippen LogP contribution in [0, 0.1) is 0 Å². The number of hydrogen-bond donors (Lipinski definition) is 26. The lowest BCUT2D eigenvalue weighted by molar-refractivity contribution is -0.272. The first kappa shape index (κ1) is 103. The van der Waals surface area contributed by atoms with Gasteiger partial charge in [-0.05, 0) is 32.2 Å². The van der Waals surface area contributed by atoms with Gasteiger partial charge in [0.05, 0.1) is 112 Å². The molecule has 4 rings (SSSR count). The highest BCUT2D eigenvalue weighted by atomic mass is 16.7. The lowest BCUT2D eigenvalue weighted by Crippen LogP contribution is -2.64. The molecule has 5 amide bonds. The van der Waals surface area contributed by atoms with Crippen molar-refractivity contribution in [3.63, 3.8) is 0 Å². The third-order valence-electron chi connectivity index (χ3n) is 18.7. The molecule has 21 unspecified atom stereocenters. The van der Waals surface area contributed by atoms with Crippen LogP contribution >= 0.6 is 0 Å². The maximum absolute atomic E-state index is 14.7. The Morgan fingerprint density at radius 2 is 0.658 bits per heavy atom. The molecule has 0 aromatic rings. The Labute approximate surface area is 681 Å². The van der Waals surface area contributed by atoms with E-state index in [4.69, 9.17) is 79.8 Å². The van der Waals surface area contributed by atoms with E-state index in [-0.39, 0.29) is 137 Å². The van der Waals surface area contributed by atoms with Crippen LogP contribution in [0.1, 0.15) is 72.6 Å². The van der Waals surface area contributed by atoms with Crippen molar-refractivity contribution in [2.24, 2.45) is 22.9 Å². The summed E-state index contributed by atoms with van der Waals surface area (Å²) in [7, 11) is 0. The number of nitrogens with zero attached hydrogens (tertiary/aromatic N) is 2. The number of ether oxygens (including phenoxy) is 12. The number of aliphatic hydroxyl groups excluding tert-OH is 13. The highest BCUT2D eigenvalue weighted by Crippen LogP contribution is 2.27. The zero-order chi connectivity index (χ0) is 86.2. The van der Waals surface area contributed by atoms with Crippen molar-refractivity contribution < 1.29 is 147 Å². The average Bonchev–Trinajstić information content (AvgIpc) is 0.823. The zero-order valence-electron chi connectivity index (χ0n) is 67.4. The van der Waals surface area contributed by atoms with E-state index in [1.807, 2.05) is 9.80 Å². The molecule has 4 saturated heterocycles. The highest BCUT2D eigenvalue weighted by Gasteiger charge is 2.49. The van der Waals surface area contributed by atoms with Gasteiger partial charge in [0.15, 0.2) is 25.2 Å². The van der Waals surface area contributed by atoms with E-state index in [0.29, 0.717) is 74.7 Å². The third-order valence-corrected chi connectivity index (χ3v) is 18.7. The molecule has 117 heavy (non-hydrogen) atoms. The minimum Gasteiger partial charge on any atom is -0.400 e. The van der Waals surface area contributed by atoms with Gasteiger partial charge in [0, 0.05) is 141 Å². The molecule has 678 valence electrons. The number of carbonyl (C=O) groups is 5. The van der Waals surface area contributed by atoms with Crippen LogP contribution in [0.25, 0.3) is 0 Å². The monoisotopic (exact) mass is 1690 g/mol. The molecule has 4 aliphatic heterocycles. The molecule has 0 aliphatic carbocycles. The van der Waals surface area contributed by atoms with Crippen LogP contribution in [0.5, 0.6) is 0 Å². The summed E-state index contributed by atoms with van der Waals surface area (Å²) in [5.41, 5.74) is 28.3. The molecule has 0 aromatic heterocycles. The number of nitrogens with two attached hydrogens (primary N) is 4. The van der Waals surface area contributed by atoms with Gasteiger partial charge in [0.1, 0.15) is 97.4 Å². The lowest BCUT2D eigenvalue weighted by Gasteiger charge is -2.42. The molecule has 4 heterocycles. The minimum absolute atomic E-state index is 0.0197. The van der Waals surface area contributed by atoms with E-state index < -0.39 is 179 Å². The Morgan fingerprint density at radius 3 is 0.940 bits per heavy atom. The Hall–Kier alpha value is -6.37. The summed E-state index contributed by atoms with van der Waals surface area (Å²) in [6.07, 6.45) is -11.0. The Balaban J connectivity index is 1.50. The van der Waals surface area contributed by atoms with Crippen LogP contribution in [-0.2, 0) is 80.8 Å².